The Labute approximate surface area is 62.5 Å². The first kappa shape index (κ1) is 9.27. The van der Waals surface area contributed by atoms with Gasteiger partial charge in [-0.2, -0.15) is 0 Å². The van der Waals surface area contributed by atoms with Crippen LogP contribution in [0.3, 0.4) is 0 Å². The Kier molecular flexibility index (Phi) is 8.52. The summed E-state index contributed by atoms with van der Waals surface area (Å²) in [6.07, 6.45) is 2.36. The van der Waals surface area contributed by atoms with Crippen molar-refractivity contribution in [2.75, 3.05) is 19.8 Å². The second-order valence-electron chi connectivity index (χ2n) is 1.87. The van der Waals surface area contributed by atoms with Gasteiger partial charge in [-0.15, -0.1) is 0 Å². The van der Waals surface area contributed by atoms with Crippen molar-refractivity contribution in [2.45, 2.75) is 19.8 Å². The highest BCUT2D eigenvalue weighted by atomic mass is 32.1. The first-order chi connectivity index (χ1) is 4.41. The minimum Gasteiger partial charge on any atom is -0.380 e. The second kappa shape index (κ2) is 8.27. The average molecular weight is 149 g/mol. The molecule has 0 radical (unpaired) electrons. The van der Waals surface area contributed by atoms with Crippen molar-refractivity contribution < 1.29 is 4.74 Å². The van der Waals surface area contributed by atoms with Crippen LogP contribution in [0.5, 0.6) is 0 Å². The Hall–Kier alpha value is 0.270. The van der Waals surface area contributed by atoms with Gasteiger partial charge < -0.3 is 4.74 Å². The highest BCUT2D eigenvalue weighted by Gasteiger charge is 1.84. The molecule has 0 rings (SSSR count). The summed E-state index contributed by atoms with van der Waals surface area (Å²) in [5.41, 5.74) is 0. The van der Waals surface area contributed by atoms with Crippen molar-refractivity contribution in [1.82, 2.24) is 4.72 Å². The van der Waals surface area contributed by atoms with E-state index in [9.17, 15) is 0 Å². The van der Waals surface area contributed by atoms with Crippen LogP contribution < -0.4 is 4.72 Å². The van der Waals surface area contributed by atoms with Crippen LogP contribution in [-0.4, -0.2) is 19.8 Å². The molecular weight excluding hydrogens is 134 g/mol. The van der Waals surface area contributed by atoms with E-state index >= 15 is 0 Å². The Morgan fingerprint density at radius 3 is 2.78 bits per heavy atom. The van der Waals surface area contributed by atoms with E-state index in [-0.39, 0.29) is 0 Å². The maximum absolute atomic E-state index is 5.20. The number of hydrogen-bond donors (Lipinski definition) is 2. The monoisotopic (exact) mass is 149 g/mol. The predicted molar refractivity (Wildman–Crippen MR) is 42.7 cm³/mol. The molecule has 0 aliphatic carbocycles. The van der Waals surface area contributed by atoms with Crippen LogP contribution in [0.1, 0.15) is 19.8 Å². The molecule has 0 bridgehead atoms. The zero-order valence-corrected chi connectivity index (χ0v) is 6.79. The van der Waals surface area contributed by atoms with Gasteiger partial charge in [-0.25, -0.2) is 0 Å². The summed E-state index contributed by atoms with van der Waals surface area (Å²) < 4.78 is 7.92. The van der Waals surface area contributed by atoms with Crippen LogP contribution in [0.4, 0.5) is 0 Å². The lowest BCUT2D eigenvalue weighted by Crippen LogP contribution is -2.09. The van der Waals surface area contributed by atoms with Gasteiger partial charge in [0, 0.05) is 13.2 Å². The molecule has 0 saturated carbocycles. The molecule has 0 aliphatic heterocycles. The summed E-state index contributed by atoms with van der Waals surface area (Å²) in [7, 11) is 0. The van der Waals surface area contributed by atoms with Crippen LogP contribution in [0.25, 0.3) is 0 Å². The fourth-order valence-electron chi connectivity index (χ4n) is 0.466. The van der Waals surface area contributed by atoms with Gasteiger partial charge in [0.25, 0.3) is 0 Å². The zero-order valence-electron chi connectivity index (χ0n) is 5.89. The molecule has 0 aromatic heterocycles. The Morgan fingerprint density at radius 1 is 1.44 bits per heavy atom. The van der Waals surface area contributed by atoms with Crippen LogP contribution in [-0.2, 0) is 4.74 Å². The quantitative estimate of drug-likeness (QED) is 0.438. The minimum atomic E-state index is 0.767. The topological polar surface area (TPSA) is 21.3 Å². The zero-order chi connectivity index (χ0) is 6.95. The van der Waals surface area contributed by atoms with E-state index in [1.165, 1.54) is 6.42 Å². The van der Waals surface area contributed by atoms with Crippen LogP contribution in [0.2, 0.25) is 0 Å². The SMILES string of the molecule is CCCCOCCNS. The molecule has 0 aromatic rings. The van der Waals surface area contributed by atoms with Gasteiger partial charge in [0.05, 0.1) is 6.61 Å². The van der Waals surface area contributed by atoms with Gasteiger partial charge in [-0.3, -0.25) is 4.72 Å². The lowest BCUT2D eigenvalue weighted by atomic mass is 10.4. The summed E-state index contributed by atoms with van der Waals surface area (Å²) >= 11 is 3.82. The first-order valence-electron chi connectivity index (χ1n) is 3.36. The molecule has 0 aliphatic rings. The normalized spacial score (nSPS) is 10.0. The van der Waals surface area contributed by atoms with Gasteiger partial charge in [0.2, 0.25) is 0 Å². The average Bonchev–Trinajstić information content (AvgIpc) is 1.89. The largest absolute Gasteiger partial charge is 0.380 e. The molecule has 0 atom stereocenters. The van der Waals surface area contributed by atoms with Gasteiger partial charge >= 0.3 is 0 Å². The molecule has 9 heavy (non-hydrogen) atoms. The third kappa shape index (κ3) is 8.27. The lowest BCUT2D eigenvalue weighted by molar-refractivity contribution is 0.137. The summed E-state index contributed by atoms with van der Waals surface area (Å²) in [6.45, 7) is 4.63. The molecule has 2 nitrogen and oxygen atoms in total. The van der Waals surface area contributed by atoms with Crippen LogP contribution in [0.15, 0.2) is 0 Å². The summed E-state index contributed by atoms with van der Waals surface area (Å²) in [4.78, 5) is 0. The Balaban J connectivity index is 2.60. The number of thiol groups is 1. The van der Waals surface area contributed by atoms with Gasteiger partial charge in [-0.05, 0) is 6.42 Å². The standard InChI is InChI=1S/C6H15NOS/c1-2-3-5-8-6-4-7-9/h7,9H,2-6H2,1H3. The van der Waals surface area contributed by atoms with Crippen molar-refractivity contribution in [1.29, 1.82) is 0 Å². The third-order valence-corrected chi connectivity index (χ3v) is 1.22. The highest BCUT2D eigenvalue weighted by molar-refractivity contribution is 7.78. The minimum absolute atomic E-state index is 0.767. The van der Waals surface area contributed by atoms with E-state index in [1.807, 2.05) is 0 Å². The number of unbranched alkanes of at least 4 members (excludes halogenated alkanes) is 1. The fourth-order valence-corrected chi connectivity index (χ4v) is 0.558. The van der Waals surface area contributed by atoms with E-state index in [4.69, 9.17) is 4.74 Å². The van der Waals surface area contributed by atoms with Gasteiger partial charge in [0.15, 0.2) is 0 Å². The third-order valence-electron chi connectivity index (χ3n) is 1.00. The van der Waals surface area contributed by atoms with E-state index in [1.54, 1.807) is 0 Å². The molecule has 0 fully saturated rings. The number of rotatable bonds is 6. The van der Waals surface area contributed by atoms with Crippen molar-refractivity contribution in [2.24, 2.45) is 0 Å². The summed E-state index contributed by atoms with van der Waals surface area (Å²) in [5.74, 6) is 0. The molecule has 0 aromatic carbocycles. The van der Waals surface area contributed by atoms with Crippen LogP contribution >= 0.6 is 12.8 Å². The van der Waals surface area contributed by atoms with E-state index in [0.29, 0.717) is 0 Å². The van der Waals surface area contributed by atoms with Crippen molar-refractivity contribution >= 4 is 12.8 Å². The van der Waals surface area contributed by atoms with Crippen molar-refractivity contribution in [3.8, 4) is 0 Å². The van der Waals surface area contributed by atoms with E-state index in [2.05, 4.69) is 24.5 Å². The highest BCUT2D eigenvalue weighted by Crippen LogP contribution is 1.86. The molecule has 0 amide bonds. The molecule has 0 saturated heterocycles. The smallest absolute Gasteiger partial charge is 0.0600 e. The van der Waals surface area contributed by atoms with Crippen molar-refractivity contribution in [3.63, 3.8) is 0 Å². The maximum Gasteiger partial charge on any atom is 0.0600 e. The van der Waals surface area contributed by atoms with Crippen LogP contribution in [0, 0.1) is 0 Å². The number of ether oxygens (including phenoxy) is 1. The van der Waals surface area contributed by atoms with Gasteiger partial charge in [0.1, 0.15) is 0 Å². The molecule has 1 N–H and O–H groups in total. The van der Waals surface area contributed by atoms with E-state index < -0.39 is 0 Å². The van der Waals surface area contributed by atoms with Crippen molar-refractivity contribution in [3.05, 3.63) is 0 Å². The Bertz CT molecular complexity index is 46.3. The second-order valence-corrected chi connectivity index (χ2v) is 2.19. The molecule has 0 spiro atoms. The molecule has 3 heteroatoms. The van der Waals surface area contributed by atoms with Gasteiger partial charge in [-0.1, -0.05) is 26.2 Å². The van der Waals surface area contributed by atoms with E-state index in [0.717, 1.165) is 26.2 Å². The summed E-state index contributed by atoms with van der Waals surface area (Å²) in [6, 6.07) is 0. The molecule has 0 unspecified atom stereocenters. The maximum atomic E-state index is 5.20. The molecule has 56 valence electrons. The number of hydrogen-bond acceptors (Lipinski definition) is 3. The lowest BCUT2D eigenvalue weighted by Gasteiger charge is -2.00. The Morgan fingerprint density at radius 2 is 2.22 bits per heavy atom. The predicted octanol–water partition coefficient (Wildman–Crippen LogP) is 1.24. The molecule has 0 heterocycles. The molecular formula is C6H15NOS. The fraction of sp³-hybridized carbons (Fsp3) is 1.00. The first-order valence-corrected chi connectivity index (χ1v) is 3.81. The summed E-state index contributed by atoms with van der Waals surface area (Å²) in [5, 5.41) is 0. The number of nitrogens with one attached hydrogen (secondary N) is 1.